The predicted octanol–water partition coefficient (Wildman–Crippen LogP) is 7.15. The molecule has 0 bridgehead atoms. The van der Waals surface area contributed by atoms with Gasteiger partial charge in [0.15, 0.2) is 16.3 Å². The van der Waals surface area contributed by atoms with Crippen LogP contribution in [0.25, 0.3) is 12.2 Å². The SMILES string of the molecule is COc1ccc(/C=C2/C(=O)/C(=C/c3ccc(OC)cc3)C(c3ccc(Cl)cc3)C3(C(=O)NC(=S)NC3=O)C2c2ccc(Cl)cc2)cc1. The van der Waals surface area contributed by atoms with Gasteiger partial charge in [-0.05, 0) is 95.2 Å². The number of Topliss-reactive ketones (excluding diaryl/α,β-unsaturated/α-hetero) is 1. The number of hydrogen-bond acceptors (Lipinski definition) is 6. The van der Waals surface area contributed by atoms with E-state index in [2.05, 4.69) is 10.6 Å². The van der Waals surface area contributed by atoms with Crippen molar-refractivity contribution < 1.29 is 23.9 Å². The summed E-state index contributed by atoms with van der Waals surface area (Å²) in [6.07, 6.45) is 3.44. The number of thiocarbonyl (C=S) groups is 1. The van der Waals surface area contributed by atoms with Crippen LogP contribution in [-0.2, 0) is 14.4 Å². The Hall–Kier alpha value is -4.76. The van der Waals surface area contributed by atoms with Crippen molar-refractivity contribution in [2.24, 2.45) is 5.41 Å². The Morgan fingerprint density at radius 3 is 1.32 bits per heavy atom. The molecule has 1 heterocycles. The maximum Gasteiger partial charge on any atom is 0.243 e. The van der Waals surface area contributed by atoms with Crippen LogP contribution in [0.4, 0.5) is 0 Å². The number of carbonyl (C=O) groups excluding carboxylic acids is 3. The third kappa shape index (κ3) is 5.96. The predicted molar refractivity (Wildman–Crippen MR) is 187 cm³/mol. The molecule has 10 heteroatoms. The first kappa shape index (κ1) is 32.2. The molecule has 2 amide bonds. The zero-order valence-corrected chi connectivity index (χ0v) is 27.6. The van der Waals surface area contributed by atoms with Gasteiger partial charge in [0, 0.05) is 33.0 Å². The number of halogens is 2. The Labute approximate surface area is 287 Å². The molecule has 1 saturated heterocycles. The first-order valence-electron chi connectivity index (χ1n) is 14.6. The van der Waals surface area contributed by atoms with Crippen molar-refractivity contribution in [1.82, 2.24) is 10.6 Å². The van der Waals surface area contributed by atoms with Gasteiger partial charge in [-0.1, -0.05) is 71.7 Å². The number of ketones is 1. The molecule has 4 aromatic rings. The van der Waals surface area contributed by atoms with Gasteiger partial charge in [-0.2, -0.15) is 0 Å². The summed E-state index contributed by atoms with van der Waals surface area (Å²) in [5, 5.41) is 6.23. The topological polar surface area (TPSA) is 93.7 Å². The quantitative estimate of drug-likeness (QED) is 0.128. The van der Waals surface area contributed by atoms with E-state index in [0.717, 1.165) is 0 Å². The van der Waals surface area contributed by atoms with Gasteiger partial charge in [0.2, 0.25) is 11.8 Å². The molecular weight excluding hydrogens is 655 g/mol. The van der Waals surface area contributed by atoms with E-state index in [9.17, 15) is 9.59 Å². The highest BCUT2D eigenvalue weighted by Gasteiger charge is 2.66. The minimum Gasteiger partial charge on any atom is -0.497 e. The minimum atomic E-state index is -1.92. The maximum atomic E-state index is 15.1. The molecule has 47 heavy (non-hydrogen) atoms. The Morgan fingerprint density at radius 1 is 0.617 bits per heavy atom. The molecule has 1 spiro atoms. The van der Waals surface area contributed by atoms with E-state index in [-0.39, 0.29) is 22.0 Å². The minimum absolute atomic E-state index is 0.117. The molecule has 1 aliphatic heterocycles. The van der Waals surface area contributed by atoms with Crippen molar-refractivity contribution in [2.75, 3.05) is 14.2 Å². The summed E-state index contributed by atoms with van der Waals surface area (Å²) in [6.45, 7) is 0. The first-order chi connectivity index (χ1) is 22.6. The van der Waals surface area contributed by atoms with Crippen LogP contribution in [0.1, 0.15) is 34.1 Å². The molecule has 2 unspecified atom stereocenters. The highest BCUT2D eigenvalue weighted by atomic mass is 35.5. The molecule has 0 radical (unpaired) electrons. The highest BCUT2D eigenvalue weighted by molar-refractivity contribution is 7.80. The number of ether oxygens (including phenoxy) is 2. The third-order valence-electron chi connectivity index (χ3n) is 8.55. The standard InChI is InChI=1S/C37H28Cl2N2O5S/c1-45-27-15-3-21(4-16-27)19-29-31(23-7-11-25(38)12-8-23)37(34(43)40-36(47)41-35(37)44)32(24-9-13-26(39)14-10-24)30(33(29)42)20-22-5-17-28(46-2)18-6-22/h3-20,31-32H,1-2H3,(H2,40,41,43,44,47)/b29-19+,30-20+. The lowest BCUT2D eigenvalue weighted by Gasteiger charge is -2.50. The van der Waals surface area contributed by atoms with E-state index in [0.29, 0.717) is 43.8 Å². The highest BCUT2D eigenvalue weighted by Crippen LogP contribution is 2.59. The molecule has 1 saturated carbocycles. The normalized spacial score (nSPS) is 20.7. The fourth-order valence-electron chi connectivity index (χ4n) is 6.41. The molecule has 236 valence electrons. The van der Waals surface area contributed by atoms with Crippen LogP contribution in [-0.4, -0.2) is 36.9 Å². The van der Waals surface area contributed by atoms with Gasteiger partial charge < -0.3 is 20.1 Å². The van der Waals surface area contributed by atoms with Crippen LogP contribution < -0.4 is 20.1 Å². The monoisotopic (exact) mass is 682 g/mol. The maximum absolute atomic E-state index is 15.1. The van der Waals surface area contributed by atoms with Gasteiger partial charge in [0.05, 0.1) is 14.2 Å². The average Bonchev–Trinajstić information content (AvgIpc) is 3.07. The zero-order valence-electron chi connectivity index (χ0n) is 25.3. The van der Waals surface area contributed by atoms with Crippen molar-refractivity contribution in [3.8, 4) is 11.5 Å². The Morgan fingerprint density at radius 2 is 0.979 bits per heavy atom. The number of amides is 2. The first-order valence-corrected chi connectivity index (χ1v) is 15.8. The van der Waals surface area contributed by atoms with Crippen molar-refractivity contribution >= 4 is 70.3 Å². The summed E-state index contributed by atoms with van der Waals surface area (Å²) in [6, 6.07) is 27.9. The third-order valence-corrected chi connectivity index (χ3v) is 9.25. The summed E-state index contributed by atoms with van der Waals surface area (Å²) in [5.74, 6) is -2.47. The van der Waals surface area contributed by atoms with Crippen molar-refractivity contribution in [1.29, 1.82) is 0 Å². The van der Waals surface area contributed by atoms with E-state index < -0.39 is 29.1 Å². The van der Waals surface area contributed by atoms with E-state index in [1.807, 2.05) is 0 Å². The van der Waals surface area contributed by atoms with Crippen LogP contribution in [0.2, 0.25) is 10.0 Å². The zero-order chi connectivity index (χ0) is 33.3. The molecule has 2 fully saturated rings. The van der Waals surface area contributed by atoms with E-state index in [4.69, 9.17) is 44.9 Å². The average molecular weight is 684 g/mol. The molecule has 6 rings (SSSR count). The largest absolute Gasteiger partial charge is 0.497 e. The molecular formula is C37H28Cl2N2O5S. The van der Waals surface area contributed by atoms with E-state index >= 15 is 4.79 Å². The lowest BCUT2D eigenvalue weighted by atomic mass is 9.51. The van der Waals surface area contributed by atoms with Crippen LogP contribution in [0.5, 0.6) is 11.5 Å². The van der Waals surface area contributed by atoms with Gasteiger partial charge in [-0.15, -0.1) is 0 Å². The van der Waals surface area contributed by atoms with Gasteiger partial charge in [0.1, 0.15) is 11.5 Å². The van der Waals surface area contributed by atoms with Crippen molar-refractivity contribution in [3.63, 3.8) is 0 Å². The smallest absolute Gasteiger partial charge is 0.243 e. The number of nitrogens with one attached hydrogen (secondary N) is 2. The summed E-state index contributed by atoms with van der Waals surface area (Å²) >= 11 is 17.9. The van der Waals surface area contributed by atoms with E-state index in [1.54, 1.807) is 123 Å². The number of benzene rings is 4. The van der Waals surface area contributed by atoms with Gasteiger partial charge in [-0.25, -0.2) is 0 Å². The number of methoxy groups -OCH3 is 2. The van der Waals surface area contributed by atoms with Crippen molar-refractivity contribution in [3.05, 3.63) is 141 Å². The summed E-state index contributed by atoms with van der Waals surface area (Å²) < 4.78 is 10.7. The molecule has 1 aliphatic carbocycles. The number of carbonyl (C=O) groups is 3. The fraction of sp³-hybridized carbons (Fsp3) is 0.135. The molecule has 4 aromatic carbocycles. The number of rotatable bonds is 6. The molecule has 7 nitrogen and oxygen atoms in total. The lowest BCUT2D eigenvalue weighted by Crippen LogP contribution is -2.68. The van der Waals surface area contributed by atoms with Gasteiger partial charge >= 0.3 is 0 Å². The molecule has 0 aromatic heterocycles. The lowest BCUT2D eigenvalue weighted by molar-refractivity contribution is -0.147. The van der Waals surface area contributed by atoms with Crippen LogP contribution >= 0.6 is 35.4 Å². The second kappa shape index (κ2) is 13.2. The molecule has 2 atom stereocenters. The Kier molecular flexibility index (Phi) is 9.01. The van der Waals surface area contributed by atoms with Crippen LogP contribution in [0, 0.1) is 5.41 Å². The molecule has 2 aliphatic rings. The van der Waals surface area contributed by atoms with E-state index in [1.165, 1.54) is 0 Å². The summed E-state index contributed by atoms with van der Waals surface area (Å²) in [5.41, 5.74) is 0.981. The molecule has 2 N–H and O–H groups in total. The van der Waals surface area contributed by atoms with Gasteiger partial charge in [0.25, 0.3) is 0 Å². The number of allylic oxidation sites excluding steroid dienone is 2. The van der Waals surface area contributed by atoms with Crippen LogP contribution in [0.15, 0.2) is 108 Å². The van der Waals surface area contributed by atoms with Crippen molar-refractivity contribution in [2.45, 2.75) is 11.8 Å². The summed E-state index contributed by atoms with van der Waals surface area (Å²) in [7, 11) is 3.13. The second-order valence-electron chi connectivity index (χ2n) is 11.2. The number of hydrogen-bond donors (Lipinski definition) is 2. The van der Waals surface area contributed by atoms with Gasteiger partial charge in [-0.3, -0.25) is 14.4 Å². The Balaban J connectivity index is 1.72. The Bertz CT molecular complexity index is 1800. The fourth-order valence-corrected chi connectivity index (χ4v) is 6.85. The van der Waals surface area contributed by atoms with Crippen LogP contribution in [0.3, 0.4) is 0 Å². The summed E-state index contributed by atoms with van der Waals surface area (Å²) in [4.78, 5) is 44.4. The second-order valence-corrected chi connectivity index (χ2v) is 12.4.